The average molecular weight is 473 g/mol. The number of imide groups is 1. The minimum atomic E-state index is -1.09. The summed E-state index contributed by atoms with van der Waals surface area (Å²) in [5.41, 5.74) is 3.26. The number of nitrogens with zero attached hydrogens (tertiary/aromatic N) is 4. The fourth-order valence-electron chi connectivity index (χ4n) is 4.89. The fourth-order valence-corrected chi connectivity index (χ4v) is 4.89. The molecule has 1 aromatic heterocycles. The van der Waals surface area contributed by atoms with Crippen molar-refractivity contribution >= 4 is 17.8 Å². The first-order chi connectivity index (χ1) is 16.9. The highest BCUT2D eigenvalue weighted by molar-refractivity contribution is 6.07. The maximum atomic E-state index is 13.1. The van der Waals surface area contributed by atoms with E-state index in [4.69, 9.17) is 0 Å². The van der Waals surface area contributed by atoms with Crippen LogP contribution in [0.4, 0.5) is 4.79 Å². The molecule has 0 saturated carbocycles. The minimum absolute atomic E-state index is 0.0382. The Morgan fingerprint density at radius 2 is 1.74 bits per heavy atom. The Morgan fingerprint density at radius 3 is 2.34 bits per heavy atom. The summed E-state index contributed by atoms with van der Waals surface area (Å²) in [5, 5.41) is 13.7. The Labute approximate surface area is 203 Å². The largest absolute Gasteiger partial charge is 0.339 e. The summed E-state index contributed by atoms with van der Waals surface area (Å²) in [7, 11) is 0. The molecule has 3 aromatic rings. The zero-order chi connectivity index (χ0) is 24.6. The van der Waals surface area contributed by atoms with Gasteiger partial charge >= 0.3 is 6.03 Å². The van der Waals surface area contributed by atoms with Crippen LogP contribution < -0.4 is 10.6 Å². The van der Waals surface area contributed by atoms with Crippen LogP contribution in [0.5, 0.6) is 0 Å². The lowest BCUT2D eigenvalue weighted by Crippen LogP contribution is -2.43. The van der Waals surface area contributed by atoms with Gasteiger partial charge in [0, 0.05) is 24.6 Å². The van der Waals surface area contributed by atoms with Crippen molar-refractivity contribution in [3.05, 3.63) is 77.1 Å². The van der Waals surface area contributed by atoms with Gasteiger partial charge in [-0.05, 0) is 56.0 Å². The molecule has 0 spiro atoms. The quantitative estimate of drug-likeness (QED) is 0.555. The third-order valence-electron chi connectivity index (χ3n) is 7.11. The summed E-state index contributed by atoms with van der Waals surface area (Å²) in [6, 6.07) is 14.6. The van der Waals surface area contributed by atoms with Crippen molar-refractivity contribution in [1.82, 2.24) is 30.5 Å². The molecule has 9 heteroatoms. The second-order valence-electron chi connectivity index (χ2n) is 9.23. The fraction of sp³-hybridized carbons (Fsp3) is 0.346. The van der Waals surface area contributed by atoms with E-state index in [1.165, 1.54) is 5.56 Å². The van der Waals surface area contributed by atoms with Crippen molar-refractivity contribution in [2.75, 3.05) is 13.1 Å². The van der Waals surface area contributed by atoms with Gasteiger partial charge in [-0.1, -0.05) is 42.0 Å². The van der Waals surface area contributed by atoms with Gasteiger partial charge in [0.2, 0.25) is 0 Å². The molecule has 2 fully saturated rings. The molecule has 1 atom stereocenters. The number of amides is 4. The number of hydrogen-bond acceptors (Lipinski definition) is 5. The first-order valence-electron chi connectivity index (χ1n) is 11.9. The Balaban J connectivity index is 1.22. The van der Waals surface area contributed by atoms with Gasteiger partial charge < -0.3 is 10.2 Å². The highest BCUT2D eigenvalue weighted by Gasteiger charge is 2.46. The minimum Gasteiger partial charge on any atom is -0.339 e. The van der Waals surface area contributed by atoms with Crippen molar-refractivity contribution in [2.24, 2.45) is 0 Å². The molecule has 5 rings (SSSR count). The lowest BCUT2D eigenvalue weighted by Gasteiger charge is -2.31. The van der Waals surface area contributed by atoms with E-state index in [0.29, 0.717) is 30.6 Å². The maximum absolute atomic E-state index is 13.1. The van der Waals surface area contributed by atoms with Crippen molar-refractivity contribution in [1.29, 1.82) is 0 Å². The summed E-state index contributed by atoms with van der Waals surface area (Å²) in [5.74, 6) is -0.149. The molecule has 0 aliphatic carbocycles. The number of rotatable bonds is 5. The third kappa shape index (κ3) is 4.18. The summed E-state index contributed by atoms with van der Waals surface area (Å²) >= 11 is 0. The Kier molecular flexibility index (Phi) is 5.84. The molecule has 0 radical (unpaired) electrons. The lowest BCUT2D eigenvalue weighted by atomic mass is 9.87. The molecule has 35 heavy (non-hydrogen) atoms. The van der Waals surface area contributed by atoms with Gasteiger partial charge in [0.15, 0.2) is 0 Å². The zero-order valence-corrected chi connectivity index (χ0v) is 19.8. The molecular weight excluding hydrogens is 444 g/mol. The highest BCUT2D eigenvalue weighted by atomic mass is 16.2. The number of aryl methyl sites for hydroxylation is 1. The van der Waals surface area contributed by atoms with Gasteiger partial charge in [-0.15, -0.1) is 5.10 Å². The Hall–Kier alpha value is -4.01. The van der Waals surface area contributed by atoms with Crippen LogP contribution in [0.15, 0.2) is 54.7 Å². The molecule has 3 heterocycles. The SMILES string of the molecule is CCC1(c2ccc(C(=O)N3CCC(c4cn(-c5ccc(C)cc5)nn4)CC3)cc2)NC(=O)NC1=O. The number of likely N-dealkylation sites (tertiary alicyclic amines) is 1. The van der Waals surface area contributed by atoms with E-state index in [9.17, 15) is 14.4 Å². The van der Waals surface area contributed by atoms with Crippen LogP contribution >= 0.6 is 0 Å². The van der Waals surface area contributed by atoms with E-state index in [1.54, 1.807) is 28.9 Å². The second-order valence-corrected chi connectivity index (χ2v) is 9.23. The van der Waals surface area contributed by atoms with Gasteiger partial charge in [-0.25, -0.2) is 9.48 Å². The normalized spacial score (nSPS) is 20.6. The number of urea groups is 1. The molecule has 2 saturated heterocycles. The average Bonchev–Trinajstić information content (AvgIpc) is 3.49. The standard InChI is InChI=1S/C26H28N6O3/c1-3-26(24(34)27-25(35)28-26)20-8-6-19(7-9-20)23(33)31-14-12-18(13-15-31)22-16-32(30-29-22)21-10-4-17(2)5-11-21/h4-11,16,18H,3,12-15H2,1-2H3,(H2,27,28,34,35). The molecule has 4 amide bonds. The molecule has 2 aromatic carbocycles. The summed E-state index contributed by atoms with van der Waals surface area (Å²) in [4.78, 5) is 39.0. The van der Waals surface area contributed by atoms with Gasteiger partial charge in [-0.3, -0.25) is 14.9 Å². The Morgan fingerprint density at radius 1 is 1.06 bits per heavy atom. The van der Waals surface area contributed by atoms with Crippen molar-refractivity contribution in [3.63, 3.8) is 0 Å². The van der Waals surface area contributed by atoms with Crippen LogP contribution in [0.2, 0.25) is 0 Å². The number of carbonyl (C=O) groups is 3. The molecule has 2 N–H and O–H groups in total. The molecule has 2 aliphatic rings. The first-order valence-corrected chi connectivity index (χ1v) is 11.9. The third-order valence-corrected chi connectivity index (χ3v) is 7.11. The van der Waals surface area contributed by atoms with E-state index >= 15 is 0 Å². The van der Waals surface area contributed by atoms with E-state index in [2.05, 4.69) is 27.9 Å². The van der Waals surface area contributed by atoms with E-state index in [0.717, 1.165) is 24.2 Å². The van der Waals surface area contributed by atoms with Crippen molar-refractivity contribution in [3.8, 4) is 5.69 Å². The first kappa shape index (κ1) is 22.8. The molecule has 2 aliphatic heterocycles. The molecular formula is C26H28N6O3. The Bertz CT molecular complexity index is 1260. The predicted octanol–water partition coefficient (Wildman–Crippen LogP) is 3.04. The number of aromatic nitrogens is 3. The number of benzene rings is 2. The molecule has 180 valence electrons. The van der Waals surface area contributed by atoms with E-state index in [-0.39, 0.29) is 17.7 Å². The topological polar surface area (TPSA) is 109 Å². The lowest BCUT2D eigenvalue weighted by molar-refractivity contribution is -0.124. The van der Waals surface area contributed by atoms with Crippen LogP contribution in [0, 0.1) is 6.92 Å². The monoisotopic (exact) mass is 472 g/mol. The number of carbonyl (C=O) groups excluding carboxylic acids is 3. The smallest absolute Gasteiger partial charge is 0.322 e. The van der Waals surface area contributed by atoms with Crippen LogP contribution in [0.25, 0.3) is 5.69 Å². The van der Waals surface area contributed by atoms with E-state index in [1.807, 2.05) is 42.3 Å². The highest BCUT2D eigenvalue weighted by Crippen LogP contribution is 2.30. The van der Waals surface area contributed by atoms with Crippen LogP contribution in [0.1, 0.15) is 59.3 Å². The summed E-state index contributed by atoms with van der Waals surface area (Å²) < 4.78 is 1.80. The number of hydrogen-bond donors (Lipinski definition) is 2. The van der Waals surface area contributed by atoms with Crippen molar-refractivity contribution in [2.45, 2.75) is 44.6 Å². The molecule has 1 unspecified atom stereocenters. The zero-order valence-electron chi connectivity index (χ0n) is 19.8. The second kappa shape index (κ2) is 8.98. The summed E-state index contributed by atoms with van der Waals surface area (Å²) in [6.45, 7) is 5.17. The van der Waals surface area contributed by atoms with Crippen molar-refractivity contribution < 1.29 is 14.4 Å². The molecule has 0 bridgehead atoms. The summed E-state index contributed by atoms with van der Waals surface area (Å²) in [6.07, 6.45) is 4.04. The van der Waals surface area contributed by atoms with E-state index < -0.39 is 11.6 Å². The van der Waals surface area contributed by atoms with Gasteiger partial charge in [-0.2, -0.15) is 0 Å². The number of piperidine rings is 1. The number of nitrogens with one attached hydrogen (secondary N) is 2. The predicted molar refractivity (Wildman–Crippen MR) is 129 cm³/mol. The van der Waals surface area contributed by atoms with Gasteiger partial charge in [0.25, 0.3) is 11.8 Å². The van der Waals surface area contributed by atoms with Crippen LogP contribution in [-0.4, -0.2) is 50.8 Å². The molecule has 9 nitrogen and oxygen atoms in total. The van der Waals surface area contributed by atoms with Gasteiger partial charge in [0.1, 0.15) is 5.54 Å². The maximum Gasteiger partial charge on any atom is 0.322 e. The van der Waals surface area contributed by atoms with Gasteiger partial charge in [0.05, 0.1) is 17.6 Å². The van der Waals surface area contributed by atoms with Crippen LogP contribution in [0.3, 0.4) is 0 Å². The van der Waals surface area contributed by atoms with Crippen LogP contribution in [-0.2, 0) is 10.3 Å².